The van der Waals surface area contributed by atoms with Crippen molar-refractivity contribution in [1.29, 1.82) is 0 Å². The molecule has 2 aromatic rings. The zero-order chi connectivity index (χ0) is 18.9. The van der Waals surface area contributed by atoms with Crippen LogP contribution in [0.3, 0.4) is 0 Å². The lowest BCUT2D eigenvalue weighted by molar-refractivity contribution is -0.118. The summed E-state index contributed by atoms with van der Waals surface area (Å²) in [4.78, 5) is 11.9. The standard InChI is InChI=1S/C21H23NO2S2/c1-4-21(2,3)16-12-15(8-9-17(16)23)14-7-5-6-13(10-14)11-18-19(24)22-20(25)26-18/h5-10,12,18,23H,4,11H2,1-3H3,(H,22,24,25). The molecule has 1 fully saturated rings. The van der Waals surface area contributed by atoms with Crippen molar-refractivity contribution >= 4 is 34.2 Å². The van der Waals surface area contributed by atoms with E-state index in [1.807, 2.05) is 18.2 Å². The number of carbonyl (C=O) groups is 1. The molecule has 2 aromatic carbocycles. The summed E-state index contributed by atoms with van der Waals surface area (Å²) in [6.45, 7) is 6.41. The van der Waals surface area contributed by atoms with Gasteiger partial charge in [0.1, 0.15) is 10.1 Å². The van der Waals surface area contributed by atoms with Crippen molar-refractivity contribution in [2.45, 2.75) is 44.3 Å². The SMILES string of the molecule is CCC(C)(C)c1cc(-c2cccc(CC3SC(=S)NC3=O)c2)ccc1O. The minimum atomic E-state index is -0.160. The second kappa shape index (κ2) is 7.41. The molecule has 3 rings (SSSR count). The highest BCUT2D eigenvalue weighted by molar-refractivity contribution is 8.24. The van der Waals surface area contributed by atoms with E-state index in [1.165, 1.54) is 11.8 Å². The molecule has 0 aromatic heterocycles. The Kier molecular flexibility index (Phi) is 5.39. The molecule has 2 N–H and O–H groups in total. The van der Waals surface area contributed by atoms with Gasteiger partial charge in [0.15, 0.2) is 0 Å². The topological polar surface area (TPSA) is 49.3 Å². The van der Waals surface area contributed by atoms with Crippen LogP contribution >= 0.6 is 24.0 Å². The quantitative estimate of drug-likeness (QED) is 0.726. The molecular weight excluding hydrogens is 362 g/mol. The van der Waals surface area contributed by atoms with Gasteiger partial charge in [0, 0.05) is 5.56 Å². The maximum Gasteiger partial charge on any atom is 0.239 e. The number of carbonyl (C=O) groups excluding carboxylic acids is 1. The van der Waals surface area contributed by atoms with Crippen molar-refractivity contribution in [3.63, 3.8) is 0 Å². The summed E-state index contributed by atoms with van der Waals surface area (Å²) >= 11 is 6.49. The zero-order valence-corrected chi connectivity index (χ0v) is 16.8. The third kappa shape index (κ3) is 3.94. The first kappa shape index (κ1) is 18.9. The number of aromatic hydroxyl groups is 1. The molecule has 1 unspecified atom stereocenters. The predicted molar refractivity (Wildman–Crippen MR) is 113 cm³/mol. The highest BCUT2D eigenvalue weighted by Crippen LogP contribution is 2.36. The first-order valence-electron chi connectivity index (χ1n) is 8.74. The van der Waals surface area contributed by atoms with Crippen LogP contribution in [0.25, 0.3) is 11.1 Å². The Labute approximate surface area is 164 Å². The fraction of sp³-hybridized carbons (Fsp3) is 0.333. The van der Waals surface area contributed by atoms with Gasteiger partial charge in [-0.15, -0.1) is 0 Å². The van der Waals surface area contributed by atoms with Gasteiger partial charge in [-0.2, -0.15) is 0 Å². The number of phenolic OH excluding ortho intramolecular Hbond substituents is 1. The molecule has 0 aliphatic carbocycles. The lowest BCUT2D eigenvalue weighted by atomic mass is 9.80. The van der Waals surface area contributed by atoms with E-state index in [0.29, 0.717) is 16.5 Å². The van der Waals surface area contributed by atoms with E-state index in [2.05, 4.69) is 44.3 Å². The average molecular weight is 386 g/mol. The van der Waals surface area contributed by atoms with Crippen LogP contribution in [0.1, 0.15) is 38.3 Å². The van der Waals surface area contributed by atoms with Crippen LogP contribution in [-0.2, 0) is 16.6 Å². The molecule has 1 saturated heterocycles. The Morgan fingerprint density at radius 1 is 1.19 bits per heavy atom. The normalized spacial score (nSPS) is 17.4. The van der Waals surface area contributed by atoms with E-state index in [-0.39, 0.29) is 16.6 Å². The highest BCUT2D eigenvalue weighted by Gasteiger charge is 2.29. The molecule has 1 aliphatic heterocycles. The fourth-order valence-corrected chi connectivity index (χ4v) is 4.38. The smallest absolute Gasteiger partial charge is 0.239 e. The van der Waals surface area contributed by atoms with Crippen LogP contribution in [0.15, 0.2) is 42.5 Å². The van der Waals surface area contributed by atoms with Gasteiger partial charge in [0.25, 0.3) is 0 Å². The minimum absolute atomic E-state index is 0.0120. The number of amides is 1. The Balaban J connectivity index is 1.90. The van der Waals surface area contributed by atoms with E-state index in [4.69, 9.17) is 12.2 Å². The van der Waals surface area contributed by atoms with E-state index in [1.54, 1.807) is 6.07 Å². The van der Waals surface area contributed by atoms with Gasteiger partial charge in [0.2, 0.25) is 5.91 Å². The second-order valence-electron chi connectivity index (χ2n) is 7.26. The molecule has 26 heavy (non-hydrogen) atoms. The van der Waals surface area contributed by atoms with Gasteiger partial charge in [-0.05, 0) is 47.1 Å². The van der Waals surface area contributed by atoms with E-state index >= 15 is 0 Å². The summed E-state index contributed by atoms with van der Waals surface area (Å²) < 4.78 is 0.557. The summed E-state index contributed by atoms with van der Waals surface area (Å²) in [5, 5.41) is 12.8. The van der Waals surface area contributed by atoms with Crippen molar-refractivity contribution in [3.8, 4) is 16.9 Å². The van der Waals surface area contributed by atoms with Crippen molar-refractivity contribution in [2.75, 3.05) is 0 Å². The summed E-state index contributed by atoms with van der Waals surface area (Å²) in [5.74, 6) is 0.325. The fourth-order valence-electron chi connectivity index (χ4n) is 3.07. The number of thioether (sulfide) groups is 1. The number of phenols is 1. The monoisotopic (exact) mass is 385 g/mol. The highest BCUT2D eigenvalue weighted by atomic mass is 32.2. The molecule has 1 atom stereocenters. The van der Waals surface area contributed by atoms with Gasteiger partial charge in [0.05, 0.1) is 5.25 Å². The van der Waals surface area contributed by atoms with E-state index in [0.717, 1.165) is 28.7 Å². The van der Waals surface area contributed by atoms with Crippen molar-refractivity contribution in [1.82, 2.24) is 5.32 Å². The lowest BCUT2D eigenvalue weighted by Crippen LogP contribution is -2.25. The molecule has 0 spiro atoms. The molecule has 0 saturated carbocycles. The van der Waals surface area contributed by atoms with Crippen LogP contribution in [0.4, 0.5) is 0 Å². The van der Waals surface area contributed by atoms with Crippen molar-refractivity contribution in [3.05, 3.63) is 53.6 Å². The van der Waals surface area contributed by atoms with Crippen molar-refractivity contribution in [2.24, 2.45) is 0 Å². The van der Waals surface area contributed by atoms with Crippen LogP contribution < -0.4 is 5.32 Å². The Hall–Kier alpha value is -1.85. The molecule has 3 nitrogen and oxygen atoms in total. The maximum absolute atomic E-state index is 11.9. The lowest BCUT2D eigenvalue weighted by Gasteiger charge is -2.25. The third-order valence-corrected chi connectivity index (χ3v) is 6.43. The van der Waals surface area contributed by atoms with E-state index in [9.17, 15) is 9.90 Å². The Morgan fingerprint density at radius 3 is 2.58 bits per heavy atom. The van der Waals surface area contributed by atoms with Crippen LogP contribution in [0.5, 0.6) is 5.75 Å². The molecule has 1 amide bonds. The van der Waals surface area contributed by atoms with Crippen LogP contribution in [0, 0.1) is 0 Å². The van der Waals surface area contributed by atoms with Gasteiger partial charge in [-0.25, -0.2) is 0 Å². The number of hydrogen-bond donors (Lipinski definition) is 2. The van der Waals surface area contributed by atoms with Crippen LogP contribution in [0.2, 0.25) is 0 Å². The molecule has 1 heterocycles. The largest absolute Gasteiger partial charge is 0.508 e. The molecule has 5 heteroatoms. The zero-order valence-electron chi connectivity index (χ0n) is 15.2. The molecular formula is C21H23NO2S2. The van der Waals surface area contributed by atoms with Gasteiger partial charge in [-0.3, -0.25) is 4.79 Å². The summed E-state index contributed by atoms with van der Waals surface area (Å²) in [7, 11) is 0. The maximum atomic E-state index is 11.9. The van der Waals surface area contributed by atoms with Gasteiger partial charge in [-0.1, -0.05) is 75.1 Å². The molecule has 0 radical (unpaired) electrons. The number of thiocarbonyl (C=S) groups is 1. The molecule has 1 aliphatic rings. The third-order valence-electron chi connectivity index (χ3n) is 5.06. The second-order valence-corrected chi connectivity index (χ2v) is 9.14. The predicted octanol–water partition coefficient (Wildman–Crippen LogP) is 4.81. The summed E-state index contributed by atoms with van der Waals surface area (Å²) in [6, 6.07) is 14.0. The Bertz CT molecular complexity index is 861. The molecule has 0 bridgehead atoms. The molecule has 136 valence electrons. The summed E-state index contributed by atoms with van der Waals surface area (Å²) in [6.07, 6.45) is 1.59. The number of hydrogen-bond acceptors (Lipinski definition) is 4. The van der Waals surface area contributed by atoms with Gasteiger partial charge >= 0.3 is 0 Å². The van der Waals surface area contributed by atoms with E-state index < -0.39 is 0 Å². The first-order valence-corrected chi connectivity index (χ1v) is 10.0. The summed E-state index contributed by atoms with van der Waals surface area (Å²) in [5.41, 5.74) is 4.12. The van der Waals surface area contributed by atoms with Gasteiger partial charge < -0.3 is 10.4 Å². The first-order chi connectivity index (χ1) is 12.3. The number of benzene rings is 2. The average Bonchev–Trinajstić information content (AvgIpc) is 2.92. The Morgan fingerprint density at radius 2 is 1.92 bits per heavy atom. The van der Waals surface area contributed by atoms with Crippen molar-refractivity contribution < 1.29 is 9.90 Å². The minimum Gasteiger partial charge on any atom is -0.508 e. The number of rotatable bonds is 5. The van der Waals surface area contributed by atoms with Crippen LogP contribution in [-0.4, -0.2) is 20.6 Å². The number of nitrogens with one attached hydrogen (secondary N) is 1.